The van der Waals surface area contributed by atoms with E-state index in [2.05, 4.69) is 15.0 Å². The number of ether oxygens (including phenoxy) is 2. The number of carboxylic acid groups (broad SMARTS) is 1. The van der Waals surface area contributed by atoms with Crippen molar-refractivity contribution in [3.8, 4) is 23.0 Å². The molecule has 0 radical (unpaired) electrons. The Labute approximate surface area is 166 Å². The molecule has 0 aliphatic heterocycles. The highest BCUT2D eigenvalue weighted by molar-refractivity contribution is 6.02. The van der Waals surface area contributed by atoms with E-state index < -0.39 is 36.3 Å². The molecule has 0 aliphatic rings. The normalized spacial score (nSPS) is 11.2. The van der Waals surface area contributed by atoms with E-state index >= 15 is 0 Å². The lowest BCUT2D eigenvalue weighted by Crippen LogP contribution is -2.29. The summed E-state index contributed by atoms with van der Waals surface area (Å²) in [6, 6.07) is 9.18. The molecular formula is C19H13F3N2O6. The summed E-state index contributed by atoms with van der Waals surface area (Å²) in [6.07, 6.45) is -3.49. The van der Waals surface area contributed by atoms with Gasteiger partial charge in [-0.2, -0.15) is 0 Å². The lowest BCUT2D eigenvalue weighted by atomic mass is 10.1. The summed E-state index contributed by atoms with van der Waals surface area (Å²) in [7, 11) is 0. The third-order valence-electron chi connectivity index (χ3n) is 3.75. The molecule has 0 fully saturated rings. The largest absolute Gasteiger partial charge is 0.573 e. The molecule has 11 heteroatoms. The first-order chi connectivity index (χ1) is 14.1. The SMILES string of the molecule is O=C(O)CNC(=O)c1ncc2ccc(Oc3ccc(OC(F)(F)F)cc3)cc2c1O. The van der Waals surface area contributed by atoms with Gasteiger partial charge in [0.15, 0.2) is 11.4 Å². The zero-order valence-electron chi connectivity index (χ0n) is 14.9. The van der Waals surface area contributed by atoms with E-state index in [1.807, 2.05) is 0 Å². The molecule has 3 aromatic rings. The minimum Gasteiger partial charge on any atom is -0.505 e. The van der Waals surface area contributed by atoms with Gasteiger partial charge in [-0.15, -0.1) is 13.2 Å². The van der Waals surface area contributed by atoms with Crippen LogP contribution >= 0.6 is 0 Å². The molecule has 3 N–H and O–H groups in total. The average Bonchev–Trinajstić information content (AvgIpc) is 2.67. The zero-order chi connectivity index (χ0) is 21.9. The van der Waals surface area contributed by atoms with Crippen LogP contribution in [0.4, 0.5) is 13.2 Å². The van der Waals surface area contributed by atoms with Crippen LogP contribution in [0.2, 0.25) is 0 Å². The fourth-order valence-corrected chi connectivity index (χ4v) is 2.49. The summed E-state index contributed by atoms with van der Waals surface area (Å²) in [6.45, 7) is -0.644. The quantitative estimate of drug-likeness (QED) is 0.557. The maximum absolute atomic E-state index is 12.2. The summed E-state index contributed by atoms with van der Waals surface area (Å²) >= 11 is 0. The van der Waals surface area contributed by atoms with Gasteiger partial charge in [0.25, 0.3) is 5.91 Å². The third kappa shape index (κ3) is 5.07. The number of aromatic nitrogens is 1. The highest BCUT2D eigenvalue weighted by Gasteiger charge is 2.31. The first kappa shape index (κ1) is 20.7. The van der Waals surface area contributed by atoms with Crippen molar-refractivity contribution in [3.63, 3.8) is 0 Å². The maximum Gasteiger partial charge on any atom is 0.573 e. The number of alkyl halides is 3. The topological polar surface area (TPSA) is 118 Å². The van der Waals surface area contributed by atoms with E-state index in [1.165, 1.54) is 30.5 Å². The third-order valence-corrected chi connectivity index (χ3v) is 3.75. The number of aliphatic carboxylic acids is 1. The van der Waals surface area contributed by atoms with Crippen LogP contribution in [-0.2, 0) is 4.79 Å². The van der Waals surface area contributed by atoms with Crippen LogP contribution in [0, 0.1) is 0 Å². The van der Waals surface area contributed by atoms with Crippen molar-refractivity contribution < 1.29 is 42.4 Å². The van der Waals surface area contributed by atoms with Crippen LogP contribution < -0.4 is 14.8 Å². The molecule has 0 unspecified atom stereocenters. The molecule has 156 valence electrons. The molecular weight excluding hydrogens is 409 g/mol. The number of hydrogen-bond donors (Lipinski definition) is 3. The van der Waals surface area contributed by atoms with Crippen molar-refractivity contribution in [2.45, 2.75) is 6.36 Å². The number of nitrogens with one attached hydrogen (secondary N) is 1. The Morgan fingerprint density at radius 3 is 2.30 bits per heavy atom. The molecule has 0 saturated carbocycles. The van der Waals surface area contributed by atoms with Crippen molar-refractivity contribution in [1.82, 2.24) is 10.3 Å². The molecule has 8 nitrogen and oxygen atoms in total. The Morgan fingerprint density at radius 2 is 1.67 bits per heavy atom. The number of pyridine rings is 1. The van der Waals surface area contributed by atoms with Gasteiger partial charge in [0.1, 0.15) is 23.8 Å². The number of carboxylic acids is 1. The highest BCUT2D eigenvalue weighted by atomic mass is 19.4. The molecule has 0 bridgehead atoms. The maximum atomic E-state index is 12.2. The Kier molecular flexibility index (Phi) is 5.63. The van der Waals surface area contributed by atoms with Crippen molar-refractivity contribution in [2.24, 2.45) is 0 Å². The molecule has 1 amide bonds. The van der Waals surface area contributed by atoms with Crippen molar-refractivity contribution in [2.75, 3.05) is 6.54 Å². The predicted octanol–water partition coefficient (Wildman–Crippen LogP) is 3.45. The van der Waals surface area contributed by atoms with Gasteiger partial charge >= 0.3 is 12.3 Å². The van der Waals surface area contributed by atoms with Crippen molar-refractivity contribution >= 4 is 22.6 Å². The molecule has 0 aliphatic carbocycles. The number of fused-ring (bicyclic) bond motifs is 1. The van der Waals surface area contributed by atoms with E-state index in [0.717, 1.165) is 12.1 Å². The van der Waals surface area contributed by atoms with Crippen molar-refractivity contribution in [1.29, 1.82) is 0 Å². The minimum atomic E-state index is -4.80. The van der Waals surface area contributed by atoms with Crippen LogP contribution in [0.3, 0.4) is 0 Å². The number of halogens is 3. The molecule has 1 heterocycles. The number of carbonyl (C=O) groups excluding carboxylic acids is 1. The van der Waals surface area contributed by atoms with Crippen LogP contribution in [0.1, 0.15) is 10.5 Å². The van der Waals surface area contributed by atoms with Crippen LogP contribution in [-0.4, -0.2) is 40.0 Å². The molecule has 0 spiro atoms. The second kappa shape index (κ2) is 8.15. The van der Waals surface area contributed by atoms with Gasteiger partial charge in [0.2, 0.25) is 0 Å². The summed E-state index contributed by atoms with van der Waals surface area (Å²) < 4.78 is 46.0. The van der Waals surface area contributed by atoms with E-state index in [-0.39, 0.29) is 22.6 Å². The zero-order valence-corrected chi connectivity index (χ0v) is 14.9. The van der Waals surface area contributed by atoms with Crippen LogP contribution in [0.15, 0.2) is 48.7 Å². The number of carbonyl (C=O) groups is 2. The van der Waals surface area contributed by atoms with Gasteiger partial charge in [0, 0.05) is 17.0 Å². The molecule has 2 aromatic carbocycles. The molecule has 1 aromatic heterocycles. The number of benzene rings is 2. The van der Waals surface area contributed by atoms with E-state index in [0.29, 0.717) is 5.39 Å². The molecule has 30 heavy (non-hydrogen) atoms. The fraction of sp³-hybridized carbons (Fsp3) is 0.105. The predicted molar refractivity (Wildman–Crippen MR) is 96.6 cm³/mol. The summed E-state index contributed by atoms with van der Waals surface area (Å²) in [5, 5.41) is 21.8. The van der Waals surface area contributed by atoms with Gasteiger partial charge in [-0.1, -0.05) is 0 Å². The van der Waals surface area contributed by atoms with Crippen LogP contribution in [0.25, 0.3) is 10.8 Å². The monoisotopic (exact) mass is 422 g/mol. The lowest BCUT2D eigenvalue weighted by molar-refractivity contribution is -0.274. The second-order valence-electron chi connectivity index (χ2n) is 5.90. The second-order valence-corrected chi connectivity index (χ2v) is 5.90. The Balaban J connectivity index is 1.82. The highest BCUT2D eigenvalue weighted by Crippen LogP contribution is 2.33. The summed E-state index contributed by atoms with van der Waals surface area (Å²) in [5.41, 5.74) is -0.366. The average molecular weight is 422 g/mol. The summed E-state index contributed by atoms with van der Waals surface area (Å²) in [4.78, 5) is 26.4. The van der Waals surface area contributed by atoms with Gasteiger partial charge in [-0.25, -0.2) is 4.98 Å². The van der Waals surface area contributed by atoms with E-state index in [1.54, 1.807) is 6.07 Å². The Bertz CT molecular complexity index is 1100. The van der Waals surface area contributed by atoms with Crippen LogP contribution in [0.5, 0.6) is 23.0 Å². The van der Waals surface area contributed by atoms with Gasteiger partial charge in [0.05, 0.1) is 0 Å². The number of aromatic hydroxyl groups is 1. The summed E-state index contributed by atoms with van der Waals surface area (Å²) in [5.74, 6) is -2.58. The number of hydrogen-bond acceptors (Lipinski definition) is 6. The first-order valence-electron chi connectivity index (χ1n) is 8.28. The van der Waals surface area contributed by atoms with Crippen molar-refractivity contribution in [3.05, 3.63) is 54.4 Å². The number of nitrogens with zero attached hydrogens (tertiary/aromatic N) is 1. The Hall–Kier alpha value is -4.02. The first-order valence-corrected chi connectivity index (χ1v) is 8.28. The molecule has 3 rings (SSSR count). The van der Waals surface area contributed by atoms with E-state index in [4.69, 9.17) is 9.84 Å². The van der Waals surface area contributed by atoms with Gasteiger partial charge in [-0.05, 0) is 42.5 Å². The lowest BCUT2D eigenvalue weighted by Gasteiger charge is -2.11. The molecule has 0 saturated heterocycles. The smallest absolute Gasteiger partial charge is 0.505 e. The standard InChI is InChI=1S/C19H13F3N2O6/c20-19(21,22)30-12-5-3-11(4-6-12)29-13-2-1-10-8-23-16(17(27)14(10)7-13)18(28)24-9-15(25)26/h1-8,27H,9H2,(H,24,28)(H,25,26). The minimum absolute atomic E-state index is 0.205. The fourth-order valence-electron chi connectivity index (χ4n) is 2.49. The Morgan fingerprint density at radius 1 is 1.03 bits per heavy atom. The number of amides is 1. The van der Waals surface area contributed by atoms with E-state index in [9.17, 15) is 27.9 Å². The van der Waals surface area contributed by atoms with Gasteiger partial charge in [-0.3, -0.25) is 9.59 Å². The van der Waals surface area contributed by atoms with Gasteiger partial charge < -0.3 is 25.0 Å². The molecule has 0 atom stereocenters. The number of rotatable bonds is 6.